The van der Waals surface area contributed by atoms with Gasteiger partial charge in [0.15, 0.2) is 5.65 Å². The van der Waals surface area contributed by atoms with Crippen LogP contribution in [0, 0.1) is 6.92 Å². The number of pyridine rings is 1. The maximum atomic E-state index is 6.40. The molecule has 0 fully saturated rings. The molecule has 0 spiro atoms. The van der Waals surface area contributed by atoms with E-state index in [0.29, 0.717) is 33.4 Å². The second-order valence-electron chi connectivity index (χ2n) is 8.81. The highest BCUT2D eigenvalue weighted by Crippen LogP contribution is 2.35. The number of hydrogen-bond donors (Lipinski definition) is 1. The van der Waals surface area contributed by atoms with Gasteiger partial charge < -0.3 is 10.5 Å². The van der Waals surface area contributed by atoms with Crippen molar-refractivity contribution in [1.29, 1.82) is 0 Å². The lowest BCUT2D eigenvalue weighted by Gasteiger charge is -2.11. The molecule has 0 aliphatic rings. The van der Waals surface area contributed by atoms with E-state index in [4.69, 9.17) is 32.3 Å². The summed E-state index contributed by atoms with van der Waals surface area (Å²) in [5.74, 6) is 0.855. The van der Waals surface area contributed by atoms with Gasteiger partial charge in [-0.25, -0.2) is 24.3 Å². The highest BCUT2D eigenvalue weighted by atomic mass is 35.5. The fourth-order valence-corrected chi connectivity index (χ4v) is 4.77. The van der Waals surface area contributed by atoms with Gasteiger partial charge in [0.2, 0.25) is 5.88 Å². The molecule has 0 radical (unpaired) electrons. The molecule has 2 N–H and O–H groups in total. The molecule has 0 amide bonds. The Hall–Kier alpha value is -4.50. The number of aryl methyl sites for hydroxylation is 1. The van der Waals surface area contributed by atoms with Crippen LogP contribution >= 0.6 is 11.6 Å². The summed E-state index contributed by atoms with van der Waals surface area (Å²) in [6, 6.07) is 17.4. The smallest absolute Gasteiger partial charge is 0.212 e. The largest absolute Gasteiger partial charge is 0.481 e. The van der Waals surface area contributed by atoms with Crippen LogP contribution in [0.15, 0.2) is 67.1 Å². The van der Waals surface area contributed by atoms with Gasteiger partial charge in [0.1, 0.15) is 17.8 Å². The van der Waals surface area contributed by atoms with E-state index < -0.39 is 0 Å². The Balaban J connectivity index is 1.56. The molecule has 9 nitrogen and oxygen atoms in total. The van der Waals surface area contributed by atoms with Crippen molar-refractivity contribution in [1.82, 2.24) is 34.5 Å². The predicted molar refractivity (Wildman–Crippen MR) is 144 cm³/mol. The van der Waals surface area contributed by atoms with E-state index in [1.807, 2.05) is 52.7 Å². The van der Waals surface area contributed by atoms with E-state index in [2.05, 4.69) is 34.0 Å². The number of rotatable bonds is 5. The van der Waals surface area contributed by atoms with Gasteiger partial charge in [0.25, 0.3) is 0 Å². The van der Waals surface area contributed by atoms with Crippen LogP contribution in [-0.4, -0.2) is 41.6 Å². The van der Waals surface area contributed by atoms with Crippen LogP contribution in [0.3, 0.4) is 0 Å². The van der Waals surface area contributed by atoms with Gasteiger partial charge in [-0.05, 0) is 55.8 Å². The van der Waals surface area contributed by atoms with Crippen LogP contribution in [0.5, 0.6) is 5.88 Å². The molecule has 6 rings (SSSR count). The Morgan fingerprint density at radius 3 is 2.62 bits per heavy atom. The Morgan fingerprint density at radius 2 is 1.86 bits per heavy atom. The van der Waals surface area contributed by atoms with Crippen molar-refractivity contribution in [2.45, 2.75) is 19.9 Å². The maximum absolute atomic E-state index is 6.40. The summed E-state index contributed by atoms with van der Waals surface area (Å²) >= 11 is 6.40. The first-order valence-electron chi connectivity index (χ1n) is 11.7. The van der Waals surface area contributed by atoms with E-state index >= 15 is 0 Å². The minimum Gasteiger partial charge on any atom is -0.481 e. The molecule has 1 atom stereocenters. The SMILES string of the molecule is COc1ccc(-c2nn(C(C)c3nn(-c4cccc(C)c4)c4cc(Cl)ccc34)c3ncnc(N)c23)cn1. The molecule has 0 aliphatic heterocycles. The minimum atomic E-state index is -0.286. The Morgan fingerprint density at radius 1 is 1.00 bits per heavy atom. The van der Waals surface area contributed by atoms with Gasteiger partial charge in [0, 0.05) is 28.2 Å². The molecule has 4 heterocycles. The molecule has 37 heavy (non-hydrogen) atoms. The zero-order chi connectivity index (χ0) is 25.7. The number of benzene rings is 2. The zero-order valence-corrected chi connectivity index (χ0v) is 21.2. The molecular weight excluding hydrogens is 488 g/mol. The highest BCUT2D eigenvalue weighted by molar-refractivity contribution is 6.31. The summed E-state index contributed by atoms with van der Waals surface area (Å²) in [5.41, 5.74) is 12.2. The fraction of sp³-hybridized carbons (Fsp3) is 0.148. The lowest BCUT2D eigenvalue weighted by molar-refractivity contribution is 0.398. The maximum Gasteiger partial charge on any atom is 0.212 e. The van der Waals surface area contributed by atoms with E-state index in [1.165, 1.54) is 6.33 Å². The van der Waals surface area contributed by atoms with Gasteiger partial charge in [-0.3, -0.25) is 0 Å². The summed E-state index contributed by atoms with van der Waals surface area (Å²) in [6.45, 7) is 4.10. The first kappa shape index (κ1) is 22.9. The topological polar surface area (TPSA) is 110 Å². The third-order valence-corrected chi connectivity index (χ3v) is 6.65. The number of anilines is 1. The third-order valence-electron chi connectivity index (χ3n) is 6.42. The number of halogens is 1. The van der Waals surface area contributed by atoms with Crippen LogP contribution in [0.1, 0.15) is 24.2 Å². The Kier molecular flexibility index (Phi) is 5.49. The standard InChI is InChI=1S/C27H23ClN8O/c1-15-5-4-6-19(11-15)36-21-12-18(28)8-9-20(21)24(33-36)16(2)35-27-23(26(29)31-14-32-27)25(34-35)17-7-10-22(37-3)30-13-17/h4-14,16H,1-3H3,(H2,29,31,32). The van der Waals surface area contributed by atoms with Gasteiger partial charge >= 0.3 is 0 Å². The quantitative estimate of drug-likeness (QED) is 0.331. The van der Waals surface area contributed by atoms with Gasteiger partial charge in [-0.2, -0.15) is 10.2 Å². The minimum absolute atomic E-state index is 0.286. The van der Waals surface area contributed by atoms with Crippen molar-refractivity contribution < 1.29 is 4.74 Å². The summed E-state index contributed by atoms with van der Waals surface area (Å²) in [6.07, 6.45) is 3.15. The number of hydrogen-bond acceptors (Lipinski definition) is 7. The monoisotopic (exact) mass is 510 g/mol. The van der Waals surface area contributed by atoms with Crippen molar-refractivity contribution in [2.75, 3.05) is 12.8 Å². The van der Waals surface area contributed by atoms with E-state index in [-0.39, 0.29) is 6.04 Å². The second-order valence-corrected chi connectivity index (χ2v) is 9.25. The number of nitrogen functional groups attached to an aromatic ring is 1. The molecule has 10 heteroatoms. The number of fused-ring (bicyclic) bond motifs is 2. The molecule has 1 unspecified atom stereocenters. The Bertz CT molecular complexity index is 1770. The second kappa shape index (κ2) is 8.86. The molecule has 184 valence electrons. The van der Waals surface area contributed by atoms with Crippen molar-refractivity contribution >= 4 is 39.4 Å². The Labute approximate surface area is 217 Å². The van der Waals surface area contributed by atoms with Crippen LogP contribution in [0.25, 0.3) is 38.9 Å². The fourth-order valence-electron chi connectivity index (χ4n) is 4.60. The van der Waals surface area contributed by atoms with E-state index in [1.54, 1.807) is 19.4 Å². The zero-order valence-electron chi connectivity index (χ0n) is 20.4. The van der Waals surface area contributed by atoms with Crippen LogP contribution < -0.4 is 10.5 Å². The number of ether oxygens (including phenoxy) is 1. The summed E-state index contributed by atoms with van der Waals surface area (Å²) in [5, 5.41) is 12.3. The van der Waals surface area contributed by atoms with Gasteiger partial charge in [0.05, 0.1) is 35.4 Å². The highest BCUT2D eigenvalue weighted by Gasteiger charge is 2.25. The average Bonchev–Trinajstić information content (AvgIpc) is 3.48. The number of nitrogens with zero attached hydrogens (tertiary/aromatic N) is 7. The summed E-state index contributed by atoms with van der Waals surface area (Å²) in [7, 11) is 1.58. The number of aromatic nitrogens is 7. The third kappa shape index (κ3) is 3.84. The van der Waals surface area contributed by atoms with E-state index in [0.717, 1.165) is 33.4 Å². The number of methoxy groups -OCH3 is 1. The molecule has 0 saturated carbocycles. The van der Waals surface area contributed by atoms with Crippen molar-refractivity contribution in [3.8, 4) is 22.8 Å². The lowest BCUT2D eigenvalue weighted by Crippen LogP contribution is -2.11. The van der Waals surface area contributed by atoms with Crippen molar-refractivity contribution in [3.63, 3.8) is 0 Å². The first-order valence-corrected chi connectivity index (χ1v) is 12.1. The molecule has 6 aromatic rings. The molecule has 2 aromatic carbocycles. The van der Waals surface area contributed by atoms with Gasteiger partial charge in [-0.15, -0.1) is 0 Å². The summed E-state index contributed by atoms with van der Waals surface area (Å²) in [4.78, 5) is 13.1. The van der Waals surface area contributed by atoms with Crippen LogP contribution in [-0.2, 0) is 0 Å². The van der Waals surface area contributed by atoms with Crippen molar-refractivity contribution in [3.05, 3.63) is 83.4 Å². The molecular formula is C27H23ClN8O. The van der Waals surface area contributed by atoms with Crippen molar-refractivity contribution in [2.24, 2.45) is 0 Å². The molecule has 0 bridgehead atoms. The van der Waals surface area contributed by atoms with Crippen LogP contribution in [0.2, 0.25) is 5.02 Å². The lowest BCUT2D eigenvalue weighted by atomic mass is 10.1. The summed E-state index contributed by atoms with van der Waals surface area (Å²) < 4.78 is 8.96. The first-order chi connectivity index (χ1) is 17.9. The predicted octanol–water partition coefficient (Wildman–Crippen LogP) is 5.39. The number of nitrogens with two attached hydrogens (primary N) is 1. The average molecular weight is 511 g/mol. The molecule has 0 aliphatic carbocycles. The normalized spacial score (nSPS) is 12.3. The molecule has 4 aromatic heterocycles. The van der Waals surface area contributed by atoms with E-state index in [9.17, 15) is 0 Å². The van der Waals surface area contributed by atoms with Crippen LogP contribution in [0.4, 0.5) is 5.82 Å². The van der Waals surface area contributed by atoms with Gasteiger partial charge in [-0.1, -0.05) is 23.7 Å². The molecule has 0 saturated heterocycles.